The van der Waals surface area contributed by atoms with E-state index >= 15 is 0 Å². The number of fused-ring (bicyclic) bond motifs is 2. The molecule has 1 aliphatic heterocycles. The van der Waals surface area contributed by atoms with Gasteiger partial charge >= 0.3 is 0 Å². The van der Waals surface area contributed by atoms with E-state index in [1.807, 2.05) is 36.3 Å². The van der Waals surface area contributed by atoms with E-state index in [0.29, 0.717) is 5.92 Å². The summed E-state index contributed by atoms with van der Waals surface area (Å²) in [7, 11) is 0. The lowest BCUT2D eigenvalue weighted by Gasteiger charge is -2.15. The van der Waals surface area contributed by atoms with Crippen LogP contribution in [-0.2, 0) is 6.54 Å². The number of nitrogens with zero attached hydrogens (tertiary/aromatic N) is 5. The molecular weight excluding hydrogens is 302 g/mol. The minimum absolute atomic E-state index is 0.506. The van der Waals surface area contributed by atoms with Crippen LogP contribution in [0.2, 0.25) is 0 Å². The van der Waals surface area contributed by atoms with Crippen LogP contribution < -0.4 is 4.74 Å². The van der Waals surface area contributed by atoms with Crippen molar-refractivity contribution < 1.29 is 4.74 Å². The molecule has 0 saturated heterocycles. The molecule has 3 aromatic rings. The standard InChI is InChI=1S/C9H11N3.C9H12N2O/c1-7(2)8-5-10-9-3-4-11-12(9)6-8;1-7(2)8-6-10-11-4-3-5-12-9(8)11/h3-7H,1-2H3;6H,1,3-5H2,2H3. The van der Waals surface area contributed by atoms with Crippen molar-refractivity contribution in [2.75, 3.05) is 6.61 Å². The van der Waals surface area contributed by atoms with Gasteiger partial charge in [0.15, 0.2) is 5.65 Å². The van der Waals surface area contributed by atoms with E-state index in [1.54, 1.807) is 10.7 Å². The van der Waals surface area contributed by atoms with Crippen LogP contribution in [0.25, 0.3) is 11.2 Å². The summed E-state index contributed by atoms with van der Waals surface area (Å²) in [6, 6.07) is 1.89. The summed E-state index contributed by atoms with van der Waals surface area (Å²) in [4.78, 5) is 4.26. The first-order valence-electron chi connectivity index (χ1n) is 8.20. The molecule has 0 bridgehead atoms. The summed E-state index contributed by atoms with van der Waals surface area (Å²) in [5.41, 5.74) is 4.17. The highest BCUT2D eigenvalue weighted by Gasteiger charge is 2.15. The van der Waals surface area contributed by atoms with Gasteiger partial charge < -0.3 is 4.74 Å². The molecule has 0 unspecified atom stereocenters. The first-order valence-corrected chi connectivity index (χ1v) is 8.20. The Morgan fingerprint density at radius 1 is 1.29 bits per heavy atom. The van der Waals surface area contributed by atoms with Gasteiger partial charge in [-0.2, -0.15) is 10.2 Å². The Hall–Kier alpha value is -2.63. The average Bonchev–Trinajstić information content (AvgIpc) is 3.21. The van der Waals surface area contributed by atoms with Crippen LogP contribution in [0.3, 0.4) is 0 Å². The highest BCUT2D eigenvalue weighted by molar-refractivity contribution is 5.65. The van der Waals surface area contributed by atoms with Crippen molar-refractivity contribution in [2.45, 2.75) is 39.7 Å². The molecule has 0 aromatic carbocycles. The molecule has 0 N–H and O–H groups in total. The predicted octanol–water partition coefficient (Wildman–Crippen LogP) is 3.55. The lowest BCUT2D eigenvalue weighted by molar-refractivity contribution is 0.230. The Labute approximate surface area is 141 Å². The largest absolute Gasteiger partial charge is 0.477 e. The molecule has 0 amide bonds. The zero-order valence-electron chi connectivity index (χ0n) is 14.4. The Morgan fingerprint density at radius 3 is 2.88 bits per heavy atom. The Kier molecular flexibility index (Phi) is 4.64. The fraction of sp³-hybridized carbons (Fsp3) is 0.389. The van der Waals surface area contributed by atoms with Gasteiger partial charge in [-0.15, -0.1) is 0 Å². The van der Waals surface area contributed by atoms with E-state index < -0.39 is 0 Å². The van der Waals surface area contributed by atoms with E-state index in [4.69, 9.17) is 4.74 Å². The van der Waals surface area contributed by atoms with Crippen molar-refractivity contribution in [3.8, 4) is 5.88 Å². The third-order valence-electron chi connectivity index (χ3n) is 3.94. The number of allylic oxidation sites excluding steroid dienone is 1. The minimum atomic E-state index is 0.506. The molecule has 0 radical (unpaired) electrons. The lowest BCUT2D eigenvalue weighted by atomic mass is 10.1. The molecule has 0 saturated carbocycles. The van der Waals surface area contributed by atoms with Gasteiger partial charge in [0.05, 0.1) is 24.6 Å². The third kappa shape index (κ3) is 3.32. The van der Waals surface area contributed by atoms with Gasteiger partial charge in [-0.05, 0) is 24.0 Å². The van der Waals surface area contributed by atoms with Gasteiger partial charge in [-0.25, -0.2) is 14.2 Å². The average molecular weight is 325 g/mol. The number of aryl methyl sites for hydroxylation is 1. The molecule has 0 aliphatic carbocycles. The second kappa shape index (κ2) is 6.86. The molecule has 126 valence electrons. The lowest BCUT2D eigenvalue weighted by Crippen LogP contribution is -2.15. The van der Waals surface area contributed by atoms with Gasteiger partial charge in [-0.3, -0.25) is 0 Å². The fourth-order valence-corrected chi connectivity index (χ4v) is 2.48. The van der Waals surface area contributed by atoms with Crippen LogP contribution in [0, 0.1) is 0 Å². The summed E-state index contributed by atoms with van der Waals surface area (Å²) < 4.78 is 9.19. The topological polar surface area (TPSA) is 57.2 Å². The van der Waals surface area contributed by atoms with Gasteiger partial charge in [0.25, 0.3) is 0 Å². The van der Waals surface area contributed by atoms with E-state index in [9.17, 15) is 0 Å². The number of aromatic nitrogens is 5. The monoisotopic (exact) mass is 325 g/mol. The molecule has 0 fully saturated rings. The molecule has 0 spiro atoms. The molecular formula is C18H23N5O. The molecule has 4 rings (SSSR count). The SMILES string of the molecule is C=C(C)c1cnn2c1OCCC2.CC(C)c1cnc2ccnn2c1. The van der Waals surface area contributed by atoms with Crippen molar-refractivity contribution in [2.24, 2.45) is 0 Å². The number of hydrogen-bond acceptors (Lipinski definition) is 4. The van der Waals surface area contributed by atoms with Crippen molar-refractivity contribution in [3.05, 3.63) is 48.6 Å². The minimum Gasteiger partial charge on any atom is -0.477 e. The van der Waals surface area contributed by atoms with E-state index in [0.717, 1.165) is 42.2 Å². The summed E-state index contributed by atoms with van der Waals surface area (Å²) in [6.07, 6.45) is 8.55. The smallest absolute Gasteiger partial charge is 0.219 e. The second-order valence-corrected chi connectivity index (χ2v) is 6.24. The van der Waals surface area contributed by atoms with Crippen molar-refractivity contribution in [3.63, 3.8) is 0 Å². The van der Waals surface area contributed by atoms with Crippen molar-refractivity contribution in [1.82, 2.24) is 24.4 Å². The van der Waals surface area contributed by atoms with Gasteiger partial charge in [0, 0.05) is 31.4 Å². The Morgan fingerprint density at radius 2 is 2.12 bits per heavy atom. The van der Waals surface area contributed by atoms with Gasteiger partial charge in [-0.1, -0.05) is 20.4 Å². The molecule has 1 aliphatic rings. The maximum Gasteiger partial charge on any atom is 0.219 e. The maximum absolute atomic E-state index is 5.50. The van der Waals surface area contributed by atoms with Crippen LogP contribution in [0.5, 0.6) is 5.88 Å². The Balaban J connectivity index is 0.000000141. The van der Waals surface area contributed by atoms with Crippen LogP contribution in [0.15, 0.2) is 37.4 Å². The molecule has 6 heteroatoms. The maximum atomic E-state index is 5.50. The van der Waals surface area contributed by atoms with Crippen LogP contribution >= 0.6 is 0 Å². The summed E-state index contributed by atoms with van der Waals surface area (Å²) in [5, 5.41) is 8.32. The molecule has 24 heavy (non-hydrogen) atoms. The molecule has 0 atom stereocenters. The zero-order valence-corrected chi connectivity index (χ0v) is 14.4. The third-order valence-corrected chi connectivity index (χ3v) is 3.94. The predicted molar refractivity (Wildman–Crippen MR) is 94.1 cm³/mol. The fourth-order valence-electron chi connectivity index (χ4n) is 2.48. The molecule has 4 heterocycles. The summed E-state index contributed by atoms with van der Waals surface area (Å²) in [5.74, 6) is 1.39. The quantitative estimate of drug-likeness (QED) is 0.723. The number of rotatable bonds is 2. The van der Waals surface area contributed by atoms with Gasteiger partial charge in [0.1, 0.15) is 0 Å². The first kappa shape index (κ1) is 16.2. The van der Waals surface area contributed by atoms with Crippen molar-refractivity contribution >= 4 is 11.2 Å². The number of hydrogen-bond donors (Lipinski definition) is 0. The van der Waals surface area contributed by atoms with Crippen LogP contribution in [0.4, 0.5) is 0 Å². The van der Waals surface area contributed by atoms with Crippen molar-refractivity contribution in [1.29, 1.82) is 0 Å². The van der Waals surface area contributed by atoms with E-state index in [1.165, 1.54) is 5.56 Å². The highest BCUT2D eigenvalue weighted by Crippen LogP contribution is 2.26. The number of ether oxygens (including phenoxy) is 1. The summed E-state index contributed by atoms with van der Waals surface area (Å²) >= 11 is 0. The van der Waals surface area contributed by atoms with E-state index in [-0.39, 0.29) is 0 Å². The summed E-state index contributed by atoms with van der Waals surface area (Å²) in [6.45, 7) is 11.9. The van der Waals surface area contributed by atoms with Crippen LogP contribution in [0.1, 0.15) is 44.2 Å². The highest BCUT2D eigenvalue weighted by atomic mass is 16.5. The molecule has 6 nitrogen and oxygen atoms in total. The van der Waals surface area contributed by atoms with Gasteiger partial charge in [0.2, 0.25) is 5.88 Å². The first-order chi connectivity index (χ1) is 11.6. The normalized spacial score (nSPS) is 13.2. The van der Waals surface area contributed by atoms with Crippen LogP contribution in [-0.4, -0.2) is 31.0 Å². The Bertz CT molecular complexity index is 846. The molecule has 3 aromatic heterocycles. The van der Waals surface area contributed by atoms with E-state index in [2.05, 4.69) is 35.6 Å². The zero-order chi connectivity index (χ0) is 17.1. The second-order valence-electron chi connectivity index (χ2n) is 6.24.